The van der Waals surface area contributed by atoms with Crippen molar-refractivity contribution in [3.05, 3.63) is 47.1 Å². The van der Waals surface area contributed by atoms with Crippen LogP contribution in [0, 0.1) is 0 Å². The van der Waals surface area contributed by atoms with Crippen LogP contribution in [-0.2, 0) is 0 Å². The Labute approximate surface area is 101 Å². The molecule has 0 atom stereocenters. The maximum Gasteiger partial charge on any atom is -0.0288 e. The van der Waals surface area contributed by atoms with Gasteiger partial charge in [0.2, 0.25) is 0 Å². The molecule has 0 rings (SSSR count). The number of hydrogen-bond donors (Lipinski definition) is 0. The minimum Gasteiger partial charge on any atom is -0.0859 e. The maximum atomic E-state index is 2.31. The Hall–Kier alpha value is -1.04. The van der Waals surface area contributed by atoms with Crippen LogP contribution in [-0.4, -0.2) is 0 Å². The van der Waals surface area contributed by atoms with Crippen LogP contribution < -0.4 is 0 Å². The van der Waals surface area contributed by atoms with E-state index in [9.17, 15) is 0 Å². The molecule has 0 bridgehead atoms. The predicted molar refractivity (Wildman–Crippen MR) is 75.6 cm³/mol. The summed E-state index contributed by atoms with van der Waals surface area (Å²) in [7, 11) is 0. The number of allylic oxidation sites excluding steroid dienone is 8. The summed E-state index contributed by atoms with van der Waals surface area (Å²) in [5.41, 5.74) is 4.19. The summed E-state index contributed by atoms with van der Waals surface area (Å²) in [5, 5.41) is 0. The summed E-state index contributed by atoms with van der Waals surface area (Å²) in [6, 6.07) is 0. The molecule has 0 unspecified atom stereocenters. The largest absolute Gasteiger partial charge is 0.0859 e. The molecule has 0 aromatic carbocycles. The standard InChI is InChI=1S/C16H26/c1-6-9-15(4)12-8-13-16(5)11-7-10-14(2)3/h7,9-11,13H,6,8,12H2,1-5H3. The van der Waals surface area contributed by atoms with Gasteiger partial charge in [0.25, 0.3) is 0 Å². The van der Waals surface area contributed by atoms with E-state index < -0.39 is 0 Å². The Kier molecular flexibility index (Phi) is 8.61. The fraction of sp³-hybridized carbons (Fsp3) is 0.500. The van der Waals surface area contributed by atoms with Crippen LogP contribution >= 0.6 is 0 Å². The van der Waals surface area contributed by atoms with Gasteiger partial charge < -0.3 is 0 Å². The molecule has 0 nitrogen and oxygen atoms in total. The van der Waals surface area contributed by atoms with Gasteiger partial charge in [0.15, 0.2) is 0 Å². The summed E-state index contributed by atoms with van der Waals surface area (Å²) < 4.78 is 0. The van der Waals surface area contributed by atoms with Crippen molar-refractivity contribution in [2.75, 3.05) is 0 Å². The topological polar surface area (TPSA) is 0 Å². The molecule has 0 amide bonds. The van der Waals surface area contributed by atoms with Crippen LogP contribution in [0.5, 0.6) is 0 Å². The van der Waals surface area contributed by atoms with Crippen LogP contribution in [0.25, 0.3) is 0 Å². The Morgan fingerprint density at radius 3 is 2.25 bits per heavy atom. The lowest BCUT2D eigenvalue weighted by Crippen LogP contribution is -1.77. The van der Waals surface area contributed by atoms with Crippen molar-refractivity contribution in [2.24, 2.45) is 0 Å². The molecule has 0 aromatic heterocycles. The van der Waals surface area contributed by atoms with Gasteiger partial charge in [-0.05, 0) is 47.0 Å². The van der Waals surface area contributed by atoms with Crippen molar-refractivity contribution in [1.29, 1.82) is 0 Å². The first-order chi connectivity index (χ1) is 7.56. The van der Waals surface area contributed by atoms with E-state index in [4.69, 9.17) is 0 Å². The van der Waals surface area contributed by atoms with E-state index in [-0.39, 0.29) is 0 Å². The lowest BCUT2D eigenvalue weighted by atomic mass is 10.1. The van der Waals surface area contributed by atoms with Crippen LogP contribution in [0.2, 0.25) is 0 Å². The first-order valence-corrected chi connectivity index (χ1v) is 6.20. The summed E-state index contributed by atoms with van der Waals surface area (Å²) in [4.78, 5) is 0. The molecule has 0 saturated carbocycles. The van der Waals surface area contributed by atoms with Gasteiger partial charge in [-0.15, -0.1) is 0 Å². The van der Waals surface area contributed by atoms with Gasteiger partial charge in [0, 0.05) is 0 Å². The third-order valence-corrected chi connectivity index (χ3v) is 2.35. The fourth-order valence-corrected chi connectivity index (χ4v) is 1.44. The molecule has 0 saturated heterocycles. The summed E-state index contributed by atoms with van der Waals surface area (Å²) in [5.74, 6) is 0. The first-order valence-electron chi connectivity index (χ1n) is 6.20. The van der Waals surface area contributed by atoms with Crippen molar-refractivity contribution >= 4 is 0 Å². The molecule has 0 heteroatoms. The lowest BCUT2D eigenvalue weighted by molar-refractivity contribution is 0.956. The van der Waals surface area contributed by atoms with E-state index in [2.05, 4.69) is 65.0 Å². The first kappa shape index (κ1) is 15.0. The Morgan fingerprint density at radius 2 is 1.69 bits per heavy atom. The molecule has 0 spiro atoms. The molecule has 90 valence electrons. The highest BCUT2D eigenvalue weighted by atomic mass is 13.9. The molecule has 0 N–H and O–H groups in total. The van der Waals surface area contributed by atoms with Crippen molar-refractivity contribution in [3.63, 3.8) is 0 Å². The molecule has 0 fully saturated rings. The minimum absolute atomic E-state index is 1.15. The maximum absolute atomic E-state index is 2.31. The second-order valence-corrected chi connectivity index (χ2v) is 4.55. The molecular formula is C16H26. The van der Waals surface area contributed by atoms with Gasteiger partial charge in [-0.25, -0.2) is 0 Å². The van der Waals surface area contributed by atoms with Crippen LogP contribution in [0.4, 0.5) is 0 Å². The second kappa shape index (κ2) is 9.21. The second-order valence-electron chi connectivity index (χ2n) is 4.55. The van der Waals surface area contributed by atoms with Gasteiger partial charge >= 0.3 is 0 Å². The zero-order valence-corrected chi connectivity index (χ0v) is 11.5. The fourth-order valence-electron chi connectivity index (χ4n) is 1.44. The molecule has 0 aliphatic heterocycles. The van der Waals surface area contributed by atoms with Gasteiger partial charge in [-0.2, -0.15) is 0 Å². The highest BCUT2D eigenvalue weighted by Gasteiger charge is 1.87. The quantitative estimate of drug-likeness (QED) is 0.402. The van der Waals surface area contributed by atoms with Crippen molar-refractivity contribution in [2.45, 2.75) is 53.9 Å². The number of rotatable bonds is 6. The summed E-state index contributed by atoms with van der Waals surface area (Å²) >= 11 is 0. The highest BCUT2D eigenvalue weighted by Crippen LogP contribution is 2.08. The highest BCUT2D eigenvalue weighted by molar-refractivity contribution is 5.21. The average molecular weight is 218 g/mol. The lowest BCUT2D eigenvalue weighted by Gasteiger charge is -1.97. The van der Waals surface area contributed by atoms with Gasteiger partial charge in [0.1, 0.15) is 0 Å². The molecular weight excluding hydrogens is 192 g/mol. The third-order valence-electron chi connectivity index (χ3n) is 2.35. The van der Waals surface area contributed by atoms with Gasteiger partial charge in [0.05, 0.1) is 0 Å². The smallest absolute Gasteiger partial charge is 0.0288 e. The third kappa shape index (κ3) is 9.51. The van der Waals surface area contributed by atoms with E-state index in [1.807, 2.05) is 0 Å². The number of hydrogen-bond acceptors (Lipinski definition) is 0. The van der Waals surface area contributed by atoms with Crippen molar-refractivity contribution in [3.8, 4) is 0 Å². The van der Waals surface area contributed by atoms with Gasteiger partial charge in [-0.1, -0.05) is 54.0 Å². The Balaban J connectivity index is 4.01. The van der Waals surface area contributed by atoms with Crippen molar-refractivity contribution in [1.82, 2.24) is 0 Å². The normalized spacial score (nSPS) is 13.3. The van der Waals surface area contributed by atoms with E-state index in [0.717, 1.165) is 12.8 Å². The molecule has 0 heterocycles. The summed E-state index contributed by atoms with van der Waals surface area (Å²) in [6.45, 7) is 10.8. The minimum atomic E-state index is 1.15. The van der Waals surface area contributed by atoms with E-state index in [1.54, 1.807) is 0 Å². The summed E-state index contributed by atoms with van der Waals surface area (Å²) in [6.07, 6.45) is 14.5. The van der Waals surface area contributed by atoms with Gasteiger partial charge in [-0.3, -0.25) is 0 Å². The molecule has 0 radical (unpaired) electrons. The molecule has 0 aliphatic rings. The van der Waals surface area contributed by atoms with Crippen LogP contribution in [0.1, 0.15) is 53.9 Å². The van der Waals surface area contributed by atoms with Crippen molar-refractivity contribution < 1.29 is 0 Å². The molecule has 0 aliphatic carbocycles. The Morgan fingerprint density at radius 1 is 1.00 bits per heavy atom. The van der Waals surface area contributed by atoms with E-state index in [1.165, 1.54) is 23.1 Å². The molecule has 16 heavy (non-hydrogen) atoms. The van der Waals surface area contributed by atoms with E-state index in [0.29, 0.717) is 0 Å². The Bertz CT molecular complexity index is 294. The monoisotopic (exact) mass is 218 g/mol. The predicted octanol–water partition coefficient (Wildman–Crippen LogP) is 5.59. The average Bonchev–Trinajstić information content (AvgIpc) is 2.17. The van der Waals surface area contributed by atoms with Crippen LogP contribution in [0.15, 0.2) is 47.1 Å². The zero-order valence-electron chi connectivity index (χ0n) is 11.5. The molecule has 0 aromatic rings. The van der Waals surface area contributed by atoms with E-state index >= 15 is 0 Å². The zero-order chi connectivity index (χ0) is 12.4. The van der Waals surface area contributed by atoms with Crippen LogP contribution in [0.3, 0.4) is 0 Å². The SMILES string of the molecule is CCC=C(C)CCC=C(C)C=CC=C(C)C.